The van der Waals surface area contributed by atoms with Crippen molar-refractivity contribution in [1.82, 2.24) is 4.90 Å². The molecule has 0 saturated heterocycles. The van der Waals surface area contributed by atoms with Crippen molar-refractivity contribution in [1.29, 1.82) is 0 Å². The van der Waals surface area contributed by atoms with Gasteiger partial charge >= 0.3 is 6.18 Å². The van der Waals surface area contributed by atoms with Crippen LogP contribution >= 0.6 is 0 Å². The van der Waals surface area contributed by atoms with Crippen molar-refractivity contribution < 1.29 is 27.8 Å². The predicted octanol–water partition coefficient (Wildman–Crippen LogP) is 2.82. The number of halogens is 3. The molecule has 0 spiro atoms. The first-order valence-electron chi connectivity index (χ1n) is 6.01. The molecule has 0 heterocycles. The van der Waals surface area contributed by atoms with Crippen LogP contribution in [0.4, 0.5) is 13.2 Å². The third-order valence-electron chi connectivity index (χ3n) is 2.59. The van der Waals surface area contributed by atoms with E-state index in [4.69, 9.17) is 4.74 Å². The second-order valence-electron chi connectivity index (χ2n) is 4.22. The van der Waals surface area contributed by atoms with Gasteiger partial charge in [0.2, 0.25) is 0 Å². The summed E-state index contributed by atoms with van der Waals surface area (Å²) >= 11 is 0. The summed E-state index contributed by atoms with van der Waals surface area (Å²) in [5, 5.41) is 9.63. The monoisotopic (exact) mass is 291 g/mol. The molecule has 1 amide bonds. The number of methoxy groups -OCH3 is 1. The Morgan fingerprint density at radius 3 is 2.55 bits per heavy atom. The van der Waals surface area contributed by atoms with Gasteiger partial charge in [0.05, 0.1) is 12.7 Å². The molecule has 1 rings (SSSR count). The minimum atomic E-state index is -4.49. The van der Waals surface area contributed by atoms with Gasteiger partial charge in [-0.15, -0.1) is 0 Å². The van der Waals surface area contributed by atoms with Gasteiger partial charge in [-0.25, -0.2) is 0 Å². The molecule has 1 aromatic carbocycles. The molecule has 0 aliphatic heterocycles. The fourth-order valence-corrected chi connectivity index (χ4v) is 1.72. The number of carbonyl (C=O) groups is 1. The minimum Gasteiger partial charge on any atom is -0.507 e. The van der Waals surface area contributed by atoms with E-state index in [2.05, 4.69) is 0 Å². The lowest BCUT2D eigenvalue weighted by atomic mass is 10.1. The van der Waals surface area contributed by atoms with Gasteiger partial charge in [-0.2, -0.15) is 13.2 Å². The van der Waals surface area contributed by atoms with Crippen LogP contribution in [0, 0.1) is 0 Å². The largest absolute Gasteiger partial charge is 0.507 e. The van der Waals surface area contributed by atoms with Gasteiger partial charge in [0, 0.05) is 6.54 Å². The highest BCUT2D eigenvalue weighted by molar-refractivity contribution is 5.97. The summed E-state index contributed by atoms with van der Waals surface area (Å²) in [5.41, 5.74) is -0.206. The number of amides is 1. The Labute approximate surface area is 114 Å². The van der Waals surface area contributed by atoms with Crippen molar-refractivity contribution in [2.75, 3.05) is 20.2 Å². The van der Waals surface area contributed by atoms with E-state index >= 15 is 0 Å². The predicted molar refractivity (Wildman–Crippen MR) is 66.9 cm³/mol. The number of phenols is 1. The molecule has 7 heteroatoms. The quantitative estimate of drug-likeness (QED) is 0.907. The van der Waals surface area contributed by atoms with Gasteiger partial charge in [0.1, 0.15) is 18.0 Å². The molecule has 20 heavy (non-hydrogen) atoms. The van der Waals surface area contributed by atoms with Gasteiger partial charge < -0.3 is 14.7 Å². The van der Waals surface area contributed by atoms with Crippen LogP contribution < -0.4 is 4.74 Å². The van der Waals surface area contributed by atoms with Crippen LogP contribution in [0.3, 0.4) is 0 Å². The van der Waals surface area contributed by atoms with Crippen molar-refractivity contribution in [2.24, 2.45) is 0 Å². The Balaban J connectivity index is 3.05. The standard InChI is InChI=1S/C13H16F3NO3/c1-3-6-17(8-13(14,15)16)12(19)10-7-9(20-2)4-5-11(10)18/h4-5,7,18H,3,6,8H2,1-2H3. The number of carbonyl (C=O) groups excluding carboxylic acids is 1. The lowest BCUT2D eigenvalue weighted by molar-refractivity contribution is -0.140. The zero-order valence-electron chi connectivity index (χ0n) is 11.2. The lowest BCUT2D eigenvalue weighted by Crippen LogP contribution is -2.39. The summed E-state index contributed by atoms with van der Waals surface area (Å²) in [5.74, 6) is -0.964. The highest BCUT2D eigenvalue weighted by Crippen LogP contribution is 2.26. The number of ether oxygens (including phenoxy) is 1. The molecule has 0 aliphatic rings. The van der Waals surface area contributed by atoms with E-state index in [1.807, 2.05) is 0 Å². The van der Waals surface area contributed by atoms with Gasteiger partial charge in [0.25, 0.3) is 5.91 Å². The summed E-state index contributed by atoms with van der Waals surface area (Å²) < 4.78 is 42.3. The first-order valence-corrected chi connectivity index (χ1v) is 6.01. The van der Waals surface area contributed by atoms with Crippen molar-refractivity contribution in [3.8, 4) is 11.5 Å². The zero-order chi connectivity index (χ0) is 15.3. The second kappa shape index (κ2) is 6.49. The molecule has 0 aromatic heterocycles. The second-order valence-corrected chi connectivity index (χ2v) is 4.22. The number of hydrogen-bond donors (Lipinski definition) is 1. The third-order valence-corrected chi connectivity index (χ3v) is 2.59. The van der Waals surface area contributed by atoms with Crippen LogP contribution in [0.1, 0.15) is 23.7 Å². The van der Waals surface area contributed by atoms with E-state index in [-0.39, 0.29) is 23.6 Å². The minimum absolute atomic E-state index is 0.0466. The molecule has 0 radical (unpaired) electrons. The molecule has 0 fully saturated rings. The van der Waals surface area contributed by atoms with Gasteiger partial charge in [-0.3, -0.25) is 4.79 Å². The van der Waals surface area contributed by atoms with Crippen LogP contribution in [0.2, 0.25) is 0 Å². The first-order chi connectivity index (χ1) is 9.28. The highest BCUT2D eigenvalue weighted by Gasteiger charge is 2.33. The number of rotatable bonds is 5. The number of aromatic hydroxyl groups is 1. The molecule has 0 atom stereocenters. The van der Waals surface area contributed by atoms with Gasteiger partial charge in [-0.1, -0.05) is 6.92 Å². The molecule has 0 bridgehead atoms. The molecule has 1 aromatic rings. The molecular weight excluding hydrogens is 275 g/mol. The van der Waals surface area contributed by atoms with E-state index in [1.54, 1.807) is 6.92 Å². The maximum Gasteiger partial charge on any atom is 0.406 e. The number of benzene rings is 1. The van der Waals surface area contributed by atoms with E-state index in [1.165, 1.54) is 25.3 Å². The summed E-state index contributed by atoms with van der Waals surface area (Å²) in [7, 11) is 1.36. The topological polar surface area (TPSA) is 49.8 Å². The van der Waals surface area contributed by atoms with E-state index in [0.29, 0.717) is 11.3 Å². The van der Waals surface area contributed by atoms with Crippen LogP contribution in [-0.4, -0.2) is 42.3 Å². The Kier molecular flexibility index (Phi) is 5.24. The van der Waals surface area contributed by atoms with Crippen LogP contribution in [-0.2, 0) is 0 Å². The van der Waals surface area contributed by atoms with E-state index in [0.717, 1.165) is 0 Å². The maximum atomic E-state index is 12.5. The molecule has 112 valence electrons. The number of hydrogen-bond acceptors (Lipinski definition) is 3. The smallest absolute Gasteiger partial charge is 0.406 e. The van der Waals surface area contributed by atoms with Crippen molar-refractivity contribution in [3.63, 3.8) is 0 Å². The normalized spacial score (nSPS) is 11.2. The molecule has 0 aliphatic carbocycles. The van der Waals surface area contributed by atoms with Crippen molar-refractivity contribution in [2.45, 2.75) is 19.5 Å². The third kappa shape index (κ3) is 4.32. The lowest BCUT2D eigenvalue weighted by Gasteiger charge is -2.24. The Morgan fingerprint density at radius 2 is 2.05 bits per heavy atom. The van der Waals surface area contributed by atoms with Crippen molar-refractivity contribution >= 4 is 5.91 Å². The number of phenolic OH excluding ortho intramolecular Hbond substituents is 1. The fourth-order valence-electron chi connectivity index (χ4n) is 1.72. The Bertz CT molecular complexity index is 474. The first kappa shape index (κ1) is 16.1. The summed E-state index contributed by atoms with van der Waals surface area (Å²) in [4.78, 5) is 12.8. The van der Waals surface area contributed by atoms with Gasteiger partial charge in [-0.05, 0) is 24.6 Å². The molecule has 0 saturated carbocycles. The average molecular weight is 291 g/mol. The molecule has 1 N–H and O–H groups in total. The molecule has 0 unspecified atom stereocenters. The SMILES string of the molecule is CCCN(CC(F)(F)F)C(=O)c1cc(OC)ccc1O. The Morgan fingerprint density at radius 1 is 1.40 bits per heavy atom. The number of alkyl halides is 3. The molecular formula is C13H16F3NO3. The van der Waals surface area contributed by atoms with Crippen LogP contribution in [0.5, 0.6) is 11.5 Å². The summed E-state index contributed by atoms with van der Waals surface area (Å²) in [6.07, 6.45) is -4.11. The molecule has 4 nitrogen and oxygen atoms in total. The summed E-state index contributed by atoms with van der Waals surface area (Å²) in [6.45, 7) is 0.271. The van der Waals surface area contributed by atoms with Crippen LogP contribution in [0.25, 0.3) is 0 Å². The van der Waals surface area contributed by atoms with E-state index in [9.17, 15) is 23.1 Å². The number of nitrogens with zero attached hydrogens (tertiary/aromatic N) is 1. The van der Waals surface area contributed by atoms with Gasteiger partial charge in [0.15, 0.2) is 0 Å². The van der Waals surface area contributed by atoms with E-state index < -0.39 is 18.6 Å². The van der Waals surface area contributed by atoms with Crippen molar-refractivity contribution in [3.05, 3.63) is 23.8 Å². The van der Waals surface area contributed by atoms with Crippen LogP contribution in [0.15, 0.2) is 18.2 Å². The average Bonchev–Trinajstić information content (AvgIpc) is 2.36. The Hall–Kier alpha value is -1.92. The highest BCUT2D eigenvalue weighted by atomic mass is 19.4. The maximum absolute atomic E-state index is 12.5. The fraction of sp³-hybridized carbons (Fsp3) is 0.462. The zero-order valence-corrected chi connectivity index (χ0v) is 11.2. The summed E-state index contributed by atoms with van der Waals surface area (Å²) in [6, 6.07) is 3.85.